The summed E-state index contributed by atoms with van der Waals surface area (Å²) in [5.74, 6) is 0.925. The number of aliphatic imine (C=N–C) groups is 1. The fourth-order valence-electron chi connectivity index (χ4n) is 5.13. The highest BCUT2D eigenvalue weighted by Gasteiger charge is 2.55. The van der Waals surface area contributed by atoms with Crippen molar-refractivity contribution in [3.63, 3.8) is 0 Å². The van der Waals surface area contributed by atoms with E-state index in [1.807, 2.05) is 18.2 Å². The van der Waals surface area contributed by atoms with Gasteiger partial charge in [0.2, 0.25) is 0 Å². The van der Waals surface area contributed by atoms with Crippen molar-refractivity contribution < 1.29 is 13.9 Å². The van der Waals surface area contributed by atoms with Gasteiger partial charge in [-0.25, -0.2) is 9.38 Å². The lowest BCUT2D eigenvalue weighted by molar-refractivity contribution is -0.132. The molecule has 2 aliphatic heterocycles. The summed E-state index contributed by atoms with van der Waals surface area (Å²) in [5, 5.41) is 4.01. The number of fused-ring (bicyclic) bond motifs is 4. The molecule has 1 unspecified atom stereocenters. The van der Waals surface area contributed by atoms with Gasteiger partial charge in [0.1, 0.15) is 17.4 Å². The normalized spacial score (nSPS) is 28.5. The van der Waals surface area contributed by atoms with Crippen LogP contribution in [0.3, 0.4) is 0 Å². The van der Waals surface area contributed by atoms with E-state index in [4.69, 9.17) is 27.1 Å². The average Bonchev–Trinajstić information content (AvgIpc) is 3.16. The number of hydrogen-bond donors (Lipinski definition) is 2. The van der Waals surface area contributed by atoms with Gasteiger partial charge < -0.3 is 15.8 Å². The first-order chi connectivity index (χ1) is 15.7. The number of thioether (sulfide) groups is 1. The number of nitrogens with zero attached hydrogens (tertiary/aromatic N) is 2. The third-order valence-corrected chi connectivity index (χ3v) is 7.97. The van der Waals surface area contributed by atoms with Gasteiger partial charge in [-0.15, -0.1) is 0 Å². The van der Waals surface area contributed by atoms with E-state index >= 15 is 0 Å². The zero-order valence-corrected chi connectivity index (χ0v) is 20.0. The highest BCUT2D eigenvalue weighted by molar-refractivity contribution is 8.14. The maximum atomic E-state index is 14.2. The SMILES string of the molecule is CC(C)(F)C(=O)N[C@H]1CC[C@@H]2Oc3ccc(-c4cncc(Cl)c4)cc3C3(CSC(N)=N3)[C@H]2C1. The predicted molar refractivity (Wildman–Crippen MR) is 129 cm³/mol. The van der Waals surface area contributed by atoms with Crippen molar-refractivity contribution in [3.05, 3.63) is 47.2 Å². The van der Waals surface area contributed by atoms with Crippen molar-refractivity contribution in [2.45, 2.75) is 56.5 Å². The van der Waals surface area contributed by atoms with E-state index in [0.29, 0.717) is 22.4 Å². The van der Waals surface area contributed by atoms with E-state index in [0.717, 1.165) is 35.3 Å². The first-order valence-corrected chi connectivity index (χ1v) is 12.4. The molecule has 174 valence electrons. The molecule has 0 radical (unpaired) electrons. The lowest BCUT2D eigenvalue weighted by Crippen LogP contribution is -2.55. The third-order valence-electron chi connectivity index (χ3n) is 6.79. The smallest absolute Gasteiger partial charge is 0.257 e. The molecule has 3 heterocycles. The second kappa shape index (κ2) is 8.17. The van der Waals surface area contributed by atoms with Gasteiger partial charge in [-0.1, -0.05) is 29.4 Å². The molecule has 6 nitrogen and oxygen atoms in total. The van der Waals surface area contributed by atoms with Crippen LogP contribution in [0.1, 0.15) is 38.7 Å². The molecular formula is C24H26ClFN4O2S. The molecule has 1 aliphatic carbocycles. The predicted octanol–water partition coefficient (Wildman–Crippen LogP) is 4.45. The van der Waals surface area contributed by atoms with Crippen LogP contribution in [0.25, 0.3) is 11.1 Å². The maximum absolute atomic E-state index is 14.2. The number of rotatable bonds is 3. The van der Waals surface area contributed by atoms with Gasteiger partial charge >= 0.3 is 0 Å². The Morgan fingerprint density at radius 1 is 1.30 bits per heavy atom. The fourth-order valence-corrected chi connectivity index (χ4v) is 6.33. The van der Waals surface area contributed by atoms with Crippen molar-refractivity contribution in [2.24, 2.45) is 16.6 Å². The summed E-state index contributed by atoms with van der Waals surface area (Å²) >= 11 is 7.71. The number of amidine groups is 1. The van der Waals surface area contributed by atoms with Crippen LogP contribution in [-0.2, 0) is 10.3 Å². The summed E-state index contributed by atoms with van der Waals surface area (Å²) in [6.07, 6.45) is 5.46. The lowest BCUT2D eigenvalue weighted by Gasteiger charge is -2.49. The topological polar surface area (TPSA) is 89.6 Å². The molecule has 0 bridgehead atoms. The summed E-state index contributed by atoms with van der Waals surface area (Å²) in [7, 11) is 0. The van der Waals surface area contributed by atoms with Crippen LogP contribution in [0.5, 0.6) is 5.75 Å². The van der Waals surface area contributed by atoms with Gasteiger partial charge in [0, 0.05) is 41.2 Å². The molecule has 1 spiro atoms. The summed E-state index contributed by atoms with van der Waals surface area (Å²) in [4.78, 5) is 21.5. The summed E-state index contributed by atoms with van der Waals surface area (Å²) in [6, 6.07) is 7.82. The first-order valence-electron chi connectivity index (χ1n) is 11.1. The van der Waals surface area contributed by atoms with Crippen molar-refractivity contribution >= 4 is 34.4 Å². The highest BCUT2D eigenvalue weighted by atomic mass is 35.5. The zero-order chi connectivity index (χ0) is 23.4. The van der Waals surface area contributed by atoms with Crippen molar-refractivity contribution in [3.8, 4) is 16.9 Å². The Hall–Kier alpha value is -2.32. The van der Waals surface area contributed by atoms with Gasteiger partial charge in [0.15, 0.2) is 10.8 Å². The molecule has 1 amide bonds. The number of halogens is 2. The molecule has 3 N–H and O–H groups in total. The van der Waals surface area contributed by atoms with Crippen LogP contribution in [0, 0.1) is 5.92 Å². The monoisotopic (exact) mass is 488 g/mol. The zero-order valence-electron chi connectivity index (χ0n) is 18.5. The molecular weight excluding hydrogens is 463 g/mol. The number of carbonyl (C=O) groups excluding carboxylic acids is 1. The first kappa shape index (κ1) is 22.5. The summed E-state index contributed by atoms with van der Waals surface area (Å²) in [6.45, 7) is 2.56. The highest BCUT2D eigenvalue weighted by Crippen LogP contribution is 2.54. The van der Waals surface area contributed by atoms with Crippen molar-refractivity contribution in [2.75, 3.05) is 5.75 Å². The summed E-state index contributed by atoms with van der Waals surface area (Å²) < 4.78 is 20.6. The van der Waals surface area contributed by atoms with Crippen LogP contribution in [0.2, 0.25) is 5.02 Å². The molecule has 4 atom stereocenters. The number of hydrogen-bond acceptors (Lipinski definition) is 6. The van der Waals surface area contributed by atoms with E-state index in [1.165, 1.54) is 25.6 Å². The van der Waals surface area contributed by atoms with Gasteiger partial charge in [-0.2, -0.15) is 0 Å². The van der Waals surface area contributed by atoms with E-state index in [2.05, 4.69) is 16.4 Å². The number of aromatic nitrogens is 1. The third kappa shape index (κ3) is 4.08. The molecule has 1 aromatic heterocycles. The van der Waals surface area contributed by atoms with Gasteiger partial charge in [-0.05, 0) is 56.9 Å². The number of alkyl halides is 1. The number of amides is 1. The Kier molecular flexibility index (Phi) is 5.56. The molecule has 1 aromatic carbocycles. The number of pyridine rings is 1. The fraction of sp³-hybridized carbons (Fsp3) is 0.458. The van der Waals surface area contributed by atoms with Crippen molar-refractivity contribution in [1.82, 2.24) is 10.3 Å². The van der Waals surface area contributed by atoms with E-state index in [-0.39, 0.29) is 18.1 Å². The average molecular weight is 489 g/mol. The minimum atomic E-state index is -1.92. The maximum Gasteiger partial charge on any atom is 0.257 e. The minimum absolute atomic E-state index is 0.00746. The van der Waals surface area contributed by atoms with E-state index < -0.39 is 17.1 Å². The van der Waals surface area contributed by atoms with Crippen LogP contribution in [-0.4, -0.2) is 39.6 Å². The molecule has 2 aromatic rings. The Bertz CT molecular complexity index is 1140. The molecule has 33 heavy (non-hydrogen) atoms. The molecule has 5 rings (SSSR count). The van der Waals surface area contributed by atoms with Crippen LogP contribution in [0.4, 0.5) is 4.39 Å². The number of carbonyl (C=O) groups is 1. The lowest BCUT2D eigenvalue weighted by atomic mass is 9.67. The quantitative estimate of drug-likeness (QED) is 0.666. The Labute approximate surface area is 201 Å². The molecule has 0 saturated heterocycles. The molecule has 1 fully saturated rings. The number of ether oxygens (including phenoxy) is 1. The number of nitrogens with two attached hydrogens (primary N) is 1. The Morgan fingerprint density at radius 3 is 2.82 bits per heavy atom. The van der Waals surface area contributed by atoms with Gasteiger partial charge in [0.05, 0.1) is 5.02 Å². The largest absolute Gasteiger partial charge is 0.490 e. The summed E-state index contributed by atoms with van der Waals surface area (Å²) in [5.41, 5.74) is 6.55. The Morgan fingerprint density at radius 2 is 2.12 bits per heavy atom. The van der Waals surface area contributed by atoms with Crippen molar-refractivity contribution in [1.29, 1.82) is 0 Å². The molecule has 1 saturated carbocycles. The molecule has 9 heteroatoms. The van der Waals surface area contributed by atoms with E-state index in [1.54, 1.807) is 12.4 Å². The second-order valence-electron chi connectivity index (χ2n) is 9.48. The standard InChI is InChI=1S/C24H26ClFN4O2S/c1-23(2,26)21(31)29-16-4-6-20-18(9-16)24(12-33-22(27)30-24)17-8-13(3-5-19(17)32-20)14-7-15(25)11-28-10-14/h3,5,7-8,10-11,16,18,20H,4,6,9,12H2,1-2H3,(H2,27,30)(H,29,31)/t16-,18-,20-,24?/m0/s1. The van der Waals surface area contributed by atoms with Gasteiger partial charge in [0.25, 0.3) is 5.91 Å². The molecule has 3 aliphatic rings. The number of nitrogens with one attached hydrogen (secondary N) is 1. The Balaban J connectivity index is 1.53. The van der Waals surface area contributed by atoms with Crippen LogP contribution >= 0.6 is 23.4 Å². The van der Waals surface area contributed by atoms with Crippen LogP contribution < -0.4 is 15.8 Å². The minimum Gasteiger partial charge on any atom is -0.490 e. The second-order valence-corrected chi connectivity index (χ2v) is 10.9. The van der Waals surface area contributed by atoms with Gasteiger partial charge in [-0.3, -0.25) is 9.78 Å². The van der Waals surface area contributed by atoms with Crippen LogP contribution in [0.15, 0.2) is 41.7 Å². The van der Waals surface area contributed by atoms with E-state index in [9.17, 15) is 9.18 Å². The number of benzene rings is 1.